The number of H-pyrrole nitrogens is 2. The maximum absolute atomic E-state index is 13.3. The lowest BCUT2D eigenvalue weighted by molar-refractivity contribution is 0.586. The summed E-state index contributed by atoms with van der Waals surface area (Å²) in [5, 5.41) is 9.34. The zero-order chi connectivity index (χ0) is 15.0. The summed E-state index contributed by atoms with van der Waals surface area (Å²) in [5.74, 6) is -0.687. The molecular weight excluding hydrogens is 320 g/mol. The fourth-order valence-electron chi connectivity index (χ4n) is 1.80. The van der Waals surface area contributed by atoms with Crippen LogP contribution in [0.25, 0.3) is 11.0 Å². The maximum Gasteiger partial charge on any atom is 0.278 e. The Hall–Kier alpha value is -2.12. The van der Waals surface area contributed by atoms with E-state index in [1.54, 1.807) is 18.2 Å². The lowest BCUT2D eigenvalue weighted by atomic mass is 10.2. The summed E-state index contributed by atoms with van der Waals surface area (Å²) in [5.41, 5.74) is 0.204. The molecule has 0 saturated carbocycles. The minimum atomic E-state index is -0.825. The molecule has 0 aliphatic heterocycles. The molecule has 0 spiro atoms. The highest BCUT2D eigenvalue weighted by Crippen LogP contribution is 2.22. The van der Waals surface area contributed by atoms with Crippen molar-refractivity contribution in [1.29, 1.82) is 0 Å². The number of hydrogen-bond donors (Lipinski definition) is 3. The van der Waals surface area contributed by atoms with Crippen LogP contribution < -0.4 is 10.9 Å². The molecular formula is C12H8Cl2FN5O. The largest absolute Gasteiger partial charge is 0.352 e. The van der Waals surface area contributed by atoms with Crippen LogP contribution in [0.3, 0.4) is 0 Å². The van der Waals surface area contributed by atoms with E-state index in [9.17, 15) is 9.18 Å². The molecule has 0 unspecified atom stereocenters. The van der Waals surface area contributed by atoms with Crippen LogP contribution in [-0.2, 0) is 6.54 Å². The van der Waals surface area contributed by atoms with E-state index >= 15 is 0 Å². The molecule has 0 aliphatic rings. The van der Waals surface area contributed by atoms with Crippen molar-refractivity contribution in [3.63, 3.8) is 0 Å². The van der Waals surface area contributed by atoms with E-state index in [1.165, 1.54) is 0 Å². The van der Waals surface area contributed by atoms with E-state index in [0.717, 1.165) is 5.56 Å². The van der Waals surface area contributed by atoms with Gasteiger partial charge in [0.25, 0.3) is 11.5 Å². The molecule has 1 aromatic carbocycles. The van der Waals surface area contributed by atoms with Gasteiger partial charge in [-0.1, -0.05) is 29.3 Å². The Labute approximate surface area is 127 Å². The minimum Gasteiger partial charge on any atom is -0.352 e. The summed E-state index contributed by atoms with van der Waals surface area (Å²) < 4.78 is 13.3. The Balaban J connectivity index is 1.86. The third-order valence-corrected chi connectivity index (χ3v) is 3.56. The first kappa shape index (κ1) is 13.8. The topological polar surface area (TPSA) is 86.5 Å². The molecule has 108 valence electrons. The zero-order valence-corrected chi connectivity index (χ0v) is 11.9. The van der Waals surface area contributed by atoms with Crippen molar-refractivity contribution in [2.45, 2.75) is 6.54 Å². The van der Waals surface area contributed by atoms with Crippen LogP contribution >= 0.6 is 23.2 Å². The number of anilines is 1. The van der Waals surface area contributed by atoms with Gasteiger partial charge in [-0.05, 0) is 17.7 Å². The first-order valence-electron chi connectivity index (χ1n) is 5.86. The molecule has 0 atom stereocenters. The van der Waals surface area contributed by atoms with Crippen molar-refractivity contribution in [1.82, 2.24) is 20.2 Å². The van der Waals surface area contributed by atoms with Gasteiger partial charge in [0, 0.05) is 6.54 Å². The molecule has 3 aromatic rings. The molecule has 9 heteroatoms. The van der Waals surface area contributed by atoms with Crippen LogP contribution in [0.2, 0.25) is 10.0 Å². The van der Waals surface area contributed by atoms with Gasteiger partial charge < -0.3 is 5.32 Å². The minimum absolute atomic E-state index is 0.00686. The number of aromatic nitrogens is 4. The number of aromatic amines is 2. The number of rotatable bonds is 3. The SMILES string of the molecule is O=c1[nH]c(NCc2ccc(Cl)c(Cl)c2)nc2c(F)n[nH]c12. The van der Waals surface area contributed by atoms with Crippen LogP contribution in [0, 0.1) is 5.95 Å². The second-order valence-electron chi connectivity index (χ2n) is 4.25. The first-order chi connectivity index (χ1) is 10.0. The highest BCUT2D eigenvalue weighted by Gasteiger charge is 2.11. The standard InChI is InChI=1S/C12H8Cl2FN5O/c13-6-2-1-5(3-7(6)14)4-16-12-17-8-9(11(21)18-12)19-20-10(8)15/h1-3H,4H2,(H,19,20)(H2,16,17,18,21). The Bertz CT molecular complexity index is 876. The molecule has 3 rings (SSSR count). The number of nitrogens with zero attached hydrogens (tertiary/aromatic N) is 2. The molecule has 2 heterocycles. The number of fused-ring (bicyclic) bond motifs is 1. The normalized spacial score (nSPS) is 11.0. The van der Waals surface area contributed by atoms with E-state index in [4.69, 9.17) is 23.2 Å². The molecule has 2 aromatic heterocycles. The Morgan fingerprint density at radius 2 is 2.10 bits per heavy atom. The molecule has 0 saturated heterocycles. The lowest BCUT2D eigenvalue weighted by Crippen LogP contribution is -2.13. The van der Waals surface area contributed by atoms with Gasteiger partial charge in [0.2, 0.25) is 5.95 Å². The fourth-order valence-corrected chi connectivity index (χ4v) is 2.12. The van der Waals surface area contributed by atoms with Crippen LogP contribution in [0.1, 0.15) is 5.56 Å². The van der Waals surface area contributed by atoms with E-state index in [2.05, 4.69) is 25.5 Å². The van der Waals surface area contributed by atoms with Crippen LogP contribution in [0.15, 0.2) is 23.0 Å². The quantitative estimate of drug-likeness (QED) is 0.690. The van der Waals surface area contributed by atoms with Crippen molar-refractivity contribution in [2.24, 2.45) is 0 Å². The monoisotopic (exact) mass is 327 g/mol. The highest BCUT2D eigenvalue weighted by atomic mass is 35.5. The number of hydrogen-bond acceptors (Lipinski definition) is 4. The predicted octanol–water partition coefficient (Wildman–Crippen LogP) is 2.70. The van der Waals surface area contributed by atoms with Gasteiger partial charge in [-0.15, -0.1) is 5.10 Å². The average molecular weight is 328 g/mol. The van der Waals surface area contributed by atoms with E-state index in [1.807, 2.05) is 0 Å². The van der Waals surface area contributed by atoms with Crippen molar-refractivity contribution in [3.8, 4) is 0 Å². The van der Waals surface area contributed by atoms with Crippen LogP contribution in [0.5, 0.6) is 0 Å². The third kappa shape index (κ3) is 2.70. The Morgan fingerprint density at radius 3 is 2.86 bits per heavy atom. The summed E-state index contributed by atoms with van der Waals surface area (Å²) in [6, 6.07) is 5.12. The van der Waals surface area contributed by atoms with Gasteiger partial charge >= 0.3 is 0 Å². The zero-order valence-electron chi connectivity index (χ0n) is 10.4. The lowest BCUT2D eigenvalue weighted by Gasteiger charge is -2.06. The molecule has 0 aliphatic carbocycles. The number of benzene rings is 1. The van der Waals surface area contributed by atoms with Crippen LogP contribution in [0.4, 0.5) is 10.3 Å². The molecule has 6 nitrogen and oxygen atoms in total. The fraction of sp³-hybridized carbons (Fsp3) is 0.0833. The predicted molar refractivity (Wildman–Crippen MR) is 78.3 cm³/mol. The Kier molecular flexibility index (Phi) is 3.52. The second-order valence-corrected chi connectivity index (χ2v) is 5.07. The maximum atomic E-state index is 13.3. The van der Waals surface area contributed by atoms with Gasteiger partial charge in [0.05, 0.1) is 10.0 Å². The van der Waals surface area contributed by atoms with Gasteiger partial charge in [-0.3, -0.25) is 14.9 Å². The van der Waals surface area contributed by atoms with E-state index in [0.29, 0.717) is 16.6 Å². The Morgan fingerprint density at radius 1 is 1.29 bits per heavy atom. The molecule has 0 amide bonds. The molecule has 3 N–H and O–H groups in total. The van der Waals surface area contributed by atoms with Gasteiger partial charge in [0.15, 0.2) is 11.0 Å². The second kappa shape index (κ2) is 5.34. The highest BCUT2D eigenvalue weighted by molar-refractivity contribution is 6.42. The van der Waals surface area contributed by atoms with Crippen LogP contribution in [-0.4, -0.2) is 20.2 Å². The van der Waals surface area contributed by atoms with Crippen molar-refractivity contribution >= 4 is 40.2 Å². The summed E-state index contributed by atoms with van der Waals surface area (Å²) in [6.07, 6.45) is 0. The molecule has 0 fully saturated rings. The summed E-state index contributed by atoms with van der Waals surface area (Å²) in [6.45, 7) is 0.338. The molecule has 0 radical (unpaired) electrons. The molecule has 21 heavy (non-hydrogen) atoms. The number of halogens is 3. The first-order valence-corrected chi connectivity index (χ1v) is 6.62. The van der Waals surface area contributed by atoms with Crippen molar-refractivity contribution in [3.05, 3.63) is 50.1 Å². The summed E-state index contributed by atoms with van der Waals surface area (Å²) in [4.78, 5) is 18.2. The van der Waals surface area contributed by atoms with Crippen molar-refractivity contribution < 1.29 is 4.39 Å². The van der Waals surface area contributed by atoms with E-state index in [-0.39, 0.29) is 17.0 Å². The molecule has 0 bridgehead atoms. The van der Waals surface area contributed by atoms with Gasteiger partial charge in [-0.2, -0.15) is 4.39 Å². The van der Waals surface area contributed by atoms with Gasteiger partial charge in [0.1, 0.15) is 0 Å². The van der Waals surface area contributed by atoms with Gasteiger partial charge in [-0.25, -0.2) is 4.98 Å². The third-order valence-electron chi connectivity index (χ3n) is 2.82. The average Bonchev–Trinajstić information content (AvgIpc) is 2.83. The van der Waals surface area contributed by atoms with E-state index < -0.39 is 11.5 Å². The summed E-state index contributed by atoms with van der Waals surface area (Å²) in [7, 11) is 0. The number of nitrogens with one attached hydrogen (secondary N) is 3. The smallest absolute Gasteiger partial charge is 0.278 e. The summed E-state index contributed by atoms with van der Waals surface area (Å²) >= 11 is 11.7. The van der Waals surface area contributed by atoms with Crippen molar-refractivity contribution in [2.75, 3.05) is 5.32 Å².